The largest absolute Gasteiger partial charge is 0.465 e. The molecule has 7 nitrogen and oxygen atoms in total. The molecule has 1 N–H and O–H groups in total. The summed E-state index contributed by atoms with van der Waals surface area (Å²) in [7, 11) is 0. The van der Waals surface area contributed by atoms with Crippen LogP contribution in [-0.4, -0.2) is 44.8 Å². The van der Waals surface area contributed by atoms with Crippen LogP contribution in [-0.2, 0) is 14.3 Å². The van der Waals surface area contributed by atoms with E-state index in [4.69, 9.17) is 4.74 Å². The van der Waals surface area contributed by atoms with Gasteiger partial charge in [-0.25, -0.2) is 10.0 Å². The molecule has 0 aliphatic carbocycles. The second kappa shape index (κ2) is 6.21. The summed E-state index contributed by atoms with van der Waals surface area (Å²) >= 11 is 0. The fourth-order valence-electron chi connectivity index (χ4n) is 2.81. The van der Waals surface area contributed by atoms with Crippen molar-refractivity contribution in [3.8, 4) is 5.69 Å². The predicted molar refractivity (Wildman–Crippen MR) is 79.9 cm³/mol. The zero-order valence-electron chi connectivity index (χ0n) is 12.6. The number of nitrogens with zero attached hydrogens (tertiary/aromatic N) is 3. The molecule has 1 saturated heterocycles. The standard InChI is InChI=1S/C16H17N3O4/c1-2-23-16(21)14-13(9-19(22)15(14)20)11-3-5-12(6-4-11)18-8-7-17-10-18/h3-8,10,13-14,22H,2,9H2,1H3. The van der Waals surface area contributed by atoms with Gasteiger partial charge in [-0.2, -0.15) is 0 Å². The first-order valence-corrected chi connectivity index (χ1v) is 7.37. The number of benzene rings is 1. The Morgan fingerprint density at radius 3 is 2.74 bits per heavy atom. The molecular weight excluding hydrogens is 298 g/mol. The van der Waals surface area contributed by atoms with Gasteiger partial charge in [-0.3, -0.25) is 14.8 Å². The van der Waals surface area contributed by atoms with Crippen molar-refractivity contribution in [2.45, 2.75) is 12.8 Å². The number of carbonyl (C=O) groups excluding carboxylic acids is 2. The van der Waals surface area contributed by atoms with Gasteiger partial charge in [0.25, 0.3) is 5.91 Å². The molecule has 1 aliphatic heterocycles. The number of hydrogen-bond acceptors (Lipinski definition) is 5. The molecule has 0 bridgehead atoms. The van der Waals surface area contributed by atoms with Crippen molar-refractivity contribution in [2.24, 2.45) is 5.92 Å². The molecule has 0 spiro atoms. The number of hydroxylamine groups is 2. The molecule has 3 rings (SSSR count). The molecule has 1 fully saturated rings. The van der Waals surface area contributed by atoms with Crippen molar-refractivity contribution < 1.29 is 19.5 Å². The van der Waals surface area contributed by atoms with Crippen molar-refractivity contribution in [1.29, 1.82) is 0 Å². The van der Waals surface area contributed by atoms with Gasteiger partial charge in [0.15, 0.2) is 0 Å². The summed E-state index contributed by atoms with van der Waals surface area (Å²) in [5, 5.41) is 10.3. The summed E-state index contributed by atoms with van der Waals surface area (Å²) in [6, 6.07) is 7.45. The third-order valence-corrected chi connectivity index (χ3v) is 3.96. The van der Waals surface area contributed by atoms with Crippen molar-refractivity contribution in [2.75, 3.05) is 13.2 Å². The average Bonchev–Trinajstić information content (AvgIpc) is 3.17. The van der Waals surface area contributed by atoms with Crippen molar-refractivity contribution in [3.63, 3.8) is 0 Å². The molecule has 1 amide bonds. The van der Waals surface area contributed by atoms with Crippen LogP contribution >= 0.6 is 0 Å². The summed E-state index contributed by atoms with van der Waals surface area (Å²) in [5.74, 6) is -2.65. The van der Waals surface area contributed by atoms with Gasteiger partial charge in [0.05, 0.1) is 19.5 Å². The highest BCUT2D eigenvalue weighted by atomic mass is 16.5. The van der Waals surface area contributed by atoms with Crippen LogP contribution in [0, 0.1) is 5.92 Å². The molecule has 0 radical (unpaired) electrons. The van der Waals surface area contributed by atoms with Crippen LogP contribution in [0.25, 0.3) is 5.69 Å². The van der Waals surface area contributed by atoms with Crippen LogP contribution in [0.2, 0.25) is 0 Å². The van der Waals surface area contributed by atoms with Crippen LogP contribution in [0.5, 0.6) is 0 Å². The second-order valence-corrected chi connectivity index (χ2v) is 5.32. The monoisotopic (exact) mass is 315 g/mol. The maximum atomic E-state index is 12.0. The zero-order valence-corrected chi connectivity index (χ0v) is 12.6. The van der Waals surface area contributed by atoms with E-state index in [1.165, 1.54) is 0 Å². The molecular formula is C16H17N3O4. The van der Waals surface area contributed by atoms with E-state index in [1.54, 1.807) is 19.4 Å². The smallest absolute Gasteiger partial charge is 0.319 e. The molecule has 1 aromatic heterocycles. The summed E-state index contributed by atoms with van der Waals surface area (Å²) in [5.41, 5.74) is 1.72. The lowest BCUT2D eigenvalue weighted by Crippen LogP contribution is -2.30. The van der Waals surface area contributed by atoms with E-state index < -0.39 is 23.7 Å². The van der Waals surface area contributed by atoms with Gasteiger partial charge in [0.1, 0.15) is 5.92 Å². The molecule has 0 saturated carbocycles. The molecule has 2 heterocycles. The Labute approximate surface area is 133 Å². The van der Waals surface area contributed by atoms with Crippen LogP contribution in [0.3, 0.4) is 0 Å². The first kappa shape index (κ1) is 15.2. The Balaban J connectivity index is 1.87. The lowest BCUT2D eigenvalue weighted by Gasteiger charge is -2.16. The van der Waals surface area contributed by atoms with Crippen molar-refractivity contribution in [1.82, 2.24) is 14.6 Å². The van der Waals surface area contributed by atoms with Gasteiger partial charge < -0.3 is 9.30 Å². The summed E-state index contributed by atoms with van der Waals surface area (Å²) in [6.07, 6.45) is 5.19. The molecule has 120 valence electrons. The van der Waals surface area contributed by atoms with Gasteiger partial charge in [0.2, 0.25) is 0 Å². The fraction of sp³-hybridized carbons (Fsp3) is 0.312. The third-order valence-electron chi connectivity index (χ3n) is 3.96. The Morgan fingerprint density at radius 1 is 1.39 bits per heavy atom. The summed E-state index contributed by atoms with van der Waals surface area (Å²) in [6.45, 7) is 1.95. The third kappa shape index (κ3) is 2.83. The lowest BCUT2D eigenvalue weighted by molar-refractivity contribution is -0.165. The molecule has 2 atom stereocenters. The quantitative estimate of drug-likeness (QED) is 0.523. The number of carbonyl (C=O) groups is 2. The number of amides is 1. The van der Waals surface area contributed by atoms with Crippen LogP contribution in [0.1, 0.15) is 18.4 Å². The predicted octanol–water partition coefficient (Wildman–Crippen LogP) is 1.37. The average molecular weight is 315 g/mol. The minimum absolute atomic E-state index is 0.0761. The minimum Gasteiger partial charge on any atom is -0.465 e. The van der Waals surface area contributed by atoms with Crippen LogP contribution < -0.4 is 0 Å². The number of aromatic nitrogens is 2. The van der Waals surface area contributed by atoms with E-state index in [9.17, 15) is 14.8 Å². The second-order valence-electron chi connectivity index (χ2n) is 5.32. The van der Waals surface area contributed by atoms with Crippen LogP contribution in [0.4, 0.5) is 0 Å². The first-order chi connectivity index (χ1) is 11.1. The van der Waals surface area contributed by atoms with E-state index in [2.05, 4.69) is 4.98 Å². The molecule has 2 aromatic rings. The molecule has 2 unspecified atom stereocenters. The Hall–Kier alpha value is -2.67. The molecule has 1 aliphatic rings. The normalized spacial score (nSPS) is 20.8. The highest BCUT2D eigenvalue weighted by Gasteiger charge is 2.46. The number of hydrogen-bond donors (Lipinski definition) is 1. The van der Waals surface area contributed by atoms with Gasteiger partial charge in [-0.05, 0) is 24.6 Å². The van der Waals surface area contributed by atoms with E-state index in [0.29, 0.717) is 5.06 Å². The number of imidazole rings is 1. The highest BCUT2D eigenvalue weighted by Crippen LogP contribution is 2.34. The zero-order chi connectivity index (χ0) is 16.4. The van der Waals surface area contributed by atoms with E-state index in [-0.39, 0.29) is 13.2 Å². The number of ether oxygens (including phenoxy) is 1. The molecule has 7 heteroatoms. The Kier molecular flexibility index (Phi) is 4.12. The Morgan fingerprint density at radius 2 is 2.13 bits per heavy atom. The fourth-order valence-corrected chi connectivity index (χ4v) is 2.81. The van der Waals surface area contributed by atoms with Gasteiger partial charge in [-0.15, -0.1) is 0 Å². The van der Waals surface area contributed by atoms with Gasteiger partial charge in [0, 0.05) is 24.0 Å². The topological polar surface area (TPSA) is 84.7 Å². The van der Waals surface area contributed by atoms with Gasteiger partial charge in [-0.1, -0.05) is 12.1 Å². The summed E-state index contributed by atoms with van der Waals surface area (Å²) < 4.78 is 6.82. The minimum atomic E-state index is -1.00. The van der Waals surface area contributed by atoms with Crippen molar-refractivity contribution in [3.05, 3.63) is 48.5 Å². The Bertz CT molecular complexity index is 697. The van der Waals surface area contributed by atoms with Crippen molar-refractivity contribution >= 4 is 11.9 Å². The summed E-state index contributed by atoms with van der Waals surface area (Å²) in [4.78, 5) is 28.1. The van der Waals surface area contributed by atoms with E-state index in [1.807, 2.05) is 35.0 Å². The maximum absolute atomic E-state index is 12.0. The molecule has 1 aromatic carbocycles. The first-order valence-electron chi connectivity index (χ1n) is 7.37. The van der Waals surface area contributed by atoms with Gasteiger partial charge >= 0.3 is 5.97 Å². The maximum Gasteiger partial charge on any atom is 0.319 e. The molecule has 23 heavy (non-hydrogen) atoms. The SMILES string of the molecule is CCOC(=O)C1C(=O)N(O)CC1c1ccc(-n2ccnc2)cc1. The highest BCUT2D eigenvalue weighted by molar-refractivity contribution is 6.00. The van der Waals surface area contributed by atoms with E-state index >= 15 is 0 Å². The lowest BCUT2D eigenvalue weighted by atomic mass is 9.88. The number of rotatable bonds is 4. The van der Waals surface area contributed by atoms with Crippen LogP contribution in [0.15, 0.2) is 43.0 Å². The van der Waals surface area contributed by atoms with E-state index in [0.717, 1.165) is 11.3 Å². The number of esters is 1.